The minimum atomic E-state index is 0.119. The molecule has 3 aliphatic rings. The second-order valence-corrected chi connectivity index (χ2v) is 8.11. The first kappa shape index (κ1) is 16.9. The molecule has 0 saturated carbocycles. The Bertz CT molecular complexity index is 852. The van der Waals surface area contributed by atoms with Gasteiger partial charge in [0.15, 0.2) is 11.5 Å². The fourth-order valence-electron chi connectivity index (χ4n) is 4.84. The highest BCUT2D eigenvalue weighted by molar-refractivity contribution is 6.30. The number of ether oxygens (including phenoxy) is 2. The second-order valence-electron chi connectivity index (χ2n) is 7.68. The Morgan fingerprint density at radius 3 is 2.30 bits per heavy atom. The van der Waals surface area contributed by atoms with Crippen molar-refractivity contribution in [2.24, 2.45) is 0 Å². The Morgan fingerprint density at radius 2 is 1.59 bits per heavy atom. The number of amides is 1. The van der Waals surface area contributed by atoms with Gasteiger partial charge in [-0.25, -0.2) is 0 Å². The number of nitrogens with zero attached hydrogens (tertiary/aromatic N) is 1. The molecule has 2 saturated heterocycles. The van der Waals surface area contributed by atoms with Crippen molar-refractivity contribution < 1.29 is 14.3 Å². The summed E-state index contributed by atoms with van der Waals surface area (Å²) in [4.78, 5) is 15.4. The number of halogens is 1. The lowest BCUT2D eigenvalue weighted by atomic mass is 9.85. The third-order valence-electron chi connectivity index (χ3n) is 6.10. The Kier molecular flexibility index (Phi) is 4.24. The van der Waals surface area contributed by atoms with Crippen LogP contribution < -0.4 is 9.47 Å². The molecule has 27 heavy (non-hydrogen) atoms. The first-order valence-corrected chi connectivity index (χ1v) is 10.0. The number of fused-ring (bicyclic) bond motifs is 3. The molecule has 1 amide bonds. The highest BCUT2D eigenvalue weighted by Crippen LogP contribution is 2.44. The zero-order valence-electron chi connectivity index (χ0n) is 15.1. The van der Waals surface area contributed by atoms with Crippen LogP contribution >= 0.6 is 11.6 Å². The van der Waals surface area contributed by atoms with Gasteiger partial charge in [-0.1, -0.05) is 23.7 Å². The number of rotatable bonds is 2. The predicted molar refractivity (Wildman–Crippen MR) is 104 cm³/mol. The molecule has 0 radical (unpaired) electrons. The van der Waals surface area contributed by atoms with Gasteiger partial charge in [0, 0.05) is 22.7 Å². The molecule has 0 spiro atoms. The van der Waals surface area contributed by atoms with Crippen molar-refractivity contribution in [1.82, 2.24) is 4.90 Å². The van der Waals surface area contributed by atoms with Gasteiger partial charge >= 0.3 is 0 Å². The minimum absolute atomic E-state index is 0.119. The second kappa shape index (κ2) is 6.75. The van der Waals surface area contributed by atoms with Gasteiger partial charge in [-0.2, -0.15) is 0 Å². The molecule has 3 heterocycles. The Hall–Kier alpha value is -2.20. The first-order valence-electron chi connectivity index (χ1n) is 9.67. The molecule has 5 heteroatoms. The summed E-state index contributed by atoms with van der Waals surface area (Å²) in [5.41, 5.74) is 2.03. The Balaban J connectivity index is 1.36. The maximum Gasteiger partial charge on any atom is 0.254 e. The van der Waals surface area contributed by atoms with Gasteiger partial charge in [0.1, 0.15) is 13.2 Å². The normalized spacial score (nSPS) is 26.1. The number of benzene rings is 2. The molecule has 3 aliphatic heterocycles. The lowest BCUT2D eigenvalue weighted by Crippen LogP contribution is -2.46. The van der Waals surface area contributed by atoms with Gasteiger partial charge in [-0.05, 0) is 67.5 Å². The van der Waals surface area contributed by atoms with Gasteiger partial charge in [-0.15, -0.1) is 0 Å². The van der Waals surface area contributed by atoms with Crippen LogP contribution in [-0.2, 0) is 0 Å². The molecule has 2 aromatic rings. The van der Waals surface area contributed by atoms with Gasteiger partial charge < -0.3 is 14.4 Å². The number of hydrogen-bond acceptors (Lipinski definition) is 3. The summed E-state index contributed by atoms with van der Waals surface area (Å²) in [6.45, 7) is 1.09. The van der Waals surface area contributed by atoms with Crippen LogP contribution in [0.3, 0.4) is 0 Å². The van der Waals surface area contributed by atoms with E-state index in [2.05, 4.69) is 17.0 Å². The number of piperidine rings is 1. The van der Waals surface area contributed by atoms with Crippen LogP contribution in [-0.4, -0.2) is 36.1 Å². The third-order valence-corrected chi connectivity index (χ3v) is 6.35. The van der Waals surface area contributed by atoms with Gasteiger partial charge in [0.25, 0.3) is 5.91 Å². The highest BCUT2D eigenvalue weighted by atomic mass is 35.5. The zero-order valence-corrected chi connectivity index (χ0v) is 15.8. The zero-order chi connectivity index (χ0) is 18.4. The quantitative estimate of drug-likeness (QED) is 0.756. The smallest absolute Gasteiger partial charge is 0.254 e. The monoisotopic (exact) mass is 383 g/mol. The lowest BCUT2D eigenvalue weighted by molar-refractivity contribution is 0.0570. The van der Waals surface area contributed by atoms with Crippen molar-refractivity contribution in [3.8, 4) is 11.5 Å². The van der Waals surface area contributed by atoms with E-state index in [9.17, 15) is 4.79 Å². The predicted octanol–water partition coefficient (Wildman–Crippen LogP) is 4.66. The molecule has 2 fully saturated rings. The SMILES string of the molecule is O=C(c1ccc2c(c1)OCCO2)N1C2CCC1CC(c1ccc(Cl)cc1)C2. The average molecular weight is 384 g/mol. The summed E-state index contributed by atoms with van der Waals surface area (Å²) < 4.78 is 11.2. The summed E-state index contributed by atoms with van der Waals surface area (Å²) in [5.74, 6) is 2.02. The molecule has 0 N–H and O–H groups in total. The van der Waals surface area contributed by atoms with E-state index in [0.29, 0.717) is 42.5 Å². The highest BCUT2D eigenvalue weighted by Gasteiger charge is 2.43. The van der Waals surface area contributed by atoms with Crippen molar-refractivity contribution in [2.45, 2.75) is 43.7 Å². The molecule has 2 unspecified atom stereocenters. The van der Waals surface area contributed by atoms with Crippen LogP contribution in [0.2, 0.25) is 5.02 Å². The third kappa shape index (κ3) is 3.06. The molecule has 2 atom stereocenters. The van der Waals surface area contributed by atoms with E-state index in [1.165, 1.54) is 5.56 Å². The number of carbonyl (C=O) groups is 1. The first-order chi connectivity index (χ1) is 13.2. The summed E-state index contributed by atoms with van der Waals surface area (Å²) >= 11 is 6.03. The number of carbonyl (C=O) groups excluding carboxylic acids is 1. The number of hydrogen-bond donors (Lipinski definition) is 0. The van der Waals surface area contributed by atoms with E-state index in [4.69, 9.17) is 21.1 Å². The van der Waals surface area contributed by atoms with Gasteiger partial charge in [0.05, 0.1) is 0 Å². The van der Waals surface area contributed by atoms with Crippen LogP contribution in [0.5, 0.6) is 11.5 Å². The average Bonchev–Trinajstić information content (AvgIpc) is 2.97. The molecule has 2 aromatic carbocycles. The molecular weight excluding hydrogens is 362 g/mol. The maximum atomic E-state index is 13.2. The summed E-state index contributed by atoms with van der Waals surface area (Å²) in [6, 6.07) is 14.4. The molecule has 5 rings (SSSR count). The minimum Gasteiger partial charge on any atom is -0.486 e. The summed E-state index contributed by atoms with van der Waals surface area (Å²) in [6.07, 6.45) is 4.22. The van der Waals surface area contributed by atoms with Crippen LogP contribution in [0, 0.1) is 0 Å². The van der Waals surface area contributed by atoms with Crippen molar-refractivity contribution in [1.29, 1.82) is 0 Å². The fraction of sp³-hybridized carbons (Fsp3) is 0.409. The van der Waals surface area contributed by atoms with Crippen LogP contribution in [0.1, 0.15) is 47.5 Å². The van der Waals surface area contributed by atoms with Crippen molar-refractivity contribution >= 4 is 17.5 Å². The van der Waals surface area contributed by atoms with Crippen LogP contribution in [0.25, 0.3) is 0 Å². The Morgan fingerprint density at radius 1 is 0.926 bits per heavy atom. The van der Waals surface area contributed by atoms with Crippen molar-refractivity contribution in [3.05, 3.63) is 58.6 Å². The molecule has 2 bridgehead atoms. The van der Waals surface area contributed by atoms with E-state index in [1.54, 1.807) is 0 Å². The van der Waals surface area contributed by atoms with E-state index in [1.807, 2.05) is 30.3 Å². The van der Waals surface area contributed by atoms with Gasteiger partial charge in [-0.3, -0.25) is 4.79 Å². The Labute approximate surface area is 164 Å². The van der Waals surface area contributed by atoms with E-state index >= 15 is 0 Å². The van der Waals surface area contributed by atoms with Crippen LogP contribution in [0.15, 0.2) is 42.5 Å². The standard InChI is InChI=1S/C22H22ClNO3/c23-17-4-1-14(2-5-17)16-11-18-6-7-19(12-16)24(18)22(25)15-3-8-20-21(13-15)27-10-9-26-20/h1-5,8,13,16,18-19H,6-7,9-12H2. The van der Waals surface area contributed by atoms with Crippen molar-refractivity contribution in [3.63, 3.8) is 0 Å². The van der Waals surface area contributed by atoms with Crippen LogP contribution in [0.4, 0.5) is 0 Å². The van der Waals surface area contributed by atoms with Crippen molar-refractivity contribution in [2.75, 3.05) is 13.2 Å². The maximum absolute atomic E-state index is 13.2. The molecule has 0 aliphatic carbocycles. The molecule has 4 nitrogen and oxygen atoms in total. The molecule has 140 valence electrons. The molecular formula is C22H22ClNO3. The van der Waals surface area contributed by atoms with E-state index < -0.39 is 0 Å². The fourth-order valence-corrected chi connectivity index (χ4v) is 4.97. The van der Waals surface area contributed by atoms with Gasteiger partial charge in [0.2, 0.25) is 0 Å². The topological polar surface area (TPSA) is 38.8 Å². The largest absolute Gasteiger partial charge is 0.486 e. The summed E-state index contributed by atoms with van der Waals surface area (Å²) in [7, 11) is 0. The van der Waals surface area contributed by atoms with E-state index in [-0.39, 0.29) is 5.91 Å². The summed E-state index contributed by atoms with van der Waals surface area (Å²) in [5, 5.41) is 0.771. The lowest BCUT2D eigenvalue weighted by Gasteiger charge is -2.39. The van der Waals surface area contributed by atoms with E-state index in [0.717, 1.165) is 36.5 Å². The molecule has 0 aromatic heterocycles.